The van der Waals surface area contributed by atoms with E-state index < -0.39 is 0 Å². The van der Waals surface area contributed by atoms with Crippen LogP contribution in [0.15, 0.2) is 27.8 Å². The molecule has 0 unspecified atom stereocenters. The number of hydrogen-bond donors (Lipinski definition) is 1. The molecule has 4 heteroatoms. The molecule has 2 nitrogen and oxygen atoms in total. The van der Waals surface area contributed by atoms with Crippen molar-refractivity contribution in [3.8, 4) is 0 Å². The molecule has 1 aromatic rings. The Kier molecular flexibility index (Phi) is 3.12. The molecule has 0 amide bonds. The Morgan fingerprint density at radius 2 is 2.25 bits per heavy atom. The Hall–Kier alpha value is -0.540. The number of hydrogen-bond acceptors (Lipinski definition) is 2. The molecule has 0 heterocycles. The van der Waals surface area contributed by atoms with E-state index in [9.17, 15) is 0 Å². The van der Waals surface area contributed by atoms with Gasteiger partial charge in [0.25, 0.3) is 0 Å². The fraction of sp³-hybridized carbons (Fsp3) is 0.125. The highest BCUT2D eigenvalue weighted by atomic mass is 79.9. The van der Waals surface area contributed by atoms with Gasteiger partial charge in [-0.25, -0.2) is 0 Å². The summed E-state index contributed by atoms with van der Waals surface area (Å²) in [6.45, 7) is 1.97. The average Bonchev–Trinajstić information content (AvgIpc) is 2.08. The van der Waals surface area contributed by atoms with Gasteiger partial charge in [-0.3, -0.25) is 0 Å². The quantitative estimate of drug-likeness (QED) is 0.462. The summed E-state index contributed by atoms with van der Waals surface area (Å²) >= 11 is 8.94. The molecule has 1 N–H and O–H groups in total. The molecule has 0 saturated carbocycles. The Bertz CT molecular complexity index is 325. The van der Waals surface area contributed by atoms with Crippen molar-refractivity contribution < 1.29 is 5.21 Å². The molecule has 0 atom stereocenters. The first kappa shape index (κ1) is 9.55. The Balaban J connectivity index is 3.13. The summed E-state index contributed by atoms with van der Waals surface area (Å²) in [4.78, 5) is 0. The zero-order chi connectivity index (χ0) is 9.14. The molecule has 0 bridgehead atoms. The number of halogens is 2. The maximum absolute atomic E-state index is 8.39. The van der Waals surface area contributed by atoms with E-state index >= 15 is 0 Å². The van der Waals surface area contributed by atoms with Gasteiger partial charge < -0.3 is 5.21 Å². The van der Waals surface area contributed by atoms with Crippen LogP contribution in [0, 0.1) is 6.92 Å². The van der Waals surface area contributed by atoms with Gasteiger partial charge in [0.05, 0.1) is 0 Å². The molecular weight excluding hydrogens is 241 g/mol. The molecule has 0 fully saturated rings. The number of rotatable bonds is 1. The SMILES string of the molecule is Cc1ccc(/C(Cl)=N/O)cc1Br. The molecule has 64 valence electrons. The molecule has 1 aromatic carbocycles. The molecule has 12 heavy (non-hydrogen) atoms. The topological polar surface area (TPSA) is 32.6 Å². The van der Waals surface area contributed by atoms with Crippen molar-refractivity contribution in [1.29, 1.82) is 0 Å². The van der Waals surface area contributed by atoms with E-state index in [1.165, 1.54) is 0 Å². The van der Waals surface area contributed by atoms with Crippen molar-refractivity contribution in [2.75, 3.05) is 0 Å². The van der Waals surface area contributed by atoms with Crippen LogP contribution in [0.4, 0.5) is 0 Å². The zero-order valence-electron chi connectivity index (χ0n) is 6.38. The van der Waals surface area contributed by atoms with E-state index in [4.69, 9.17) is 16.8 Å². The monoisotopic (exact) mass is 247 g/mol. The number of benzene rings is 1. The first-order chi connectivity index (χ1) is 5.65. The molecule has 0 spiro atoms. The van der Waals surface area contributed by atoms with Crippen LogP contribution < -0.4 is 0 Å². The van der Waals surface area contributed by atoms with Gasteiger partial charge in [-0.2, -0.15) is 0 Å². The molecule has 0 aliphatic heterocycles. The van der Waals surface area contributed by atoms with Gasteiger partial charge in [0.2, 0.25) is 0 Å². The summed E-state index contributed by atoms with van der Waals surface area (Å²) in [5, 5.41) is 11.4. The smallest absolute Gasteiger partial charge is 0.175 e. The number of oxime groups is 1. The maximum Gasteiger partial charge on any atom is 0.175 e. The fourth-order valence-corrected chi connectivity index (χ4v) is 1.28. The Morgan fingerprint density at radius 3 is 2.75 bits per heavy atom. The fourth-order valence-electron chi connectivity index (χ4n) is 0.779. The lowest BCUT2D eigenvalue weighted by molar-refractivity contribution is 0.321. The van der Waals surface area contributed by atoms with Crippen molar-refractivity contribution in [3.05, 3.63) is 33.8 Å². The lowest BCUT2D eigenvalue weighted by atomic mass is 10.2. The van der Waals surface area contributed by atoms with E-state index in [-0.39, 0.29) is 5.17 Å². The van der Waals surface area contributed by atoms with Crippen molar-refractivity contribution in [2.45, 2.75) is 6.92 Å². The third kappa shape index (κ3) is 1.99. The van der Waals surface area contributed by atoms with Crippen LogP contribution in [0.2, 0.25) is 0 Å². The maximum atomic E-state index is 8.39. The van der Waals surface area contributed by atoms with Crippen LogP contribution >= 0.6 is 27.5 Å². The van der Waals surface area contributed by atoms with Gasteiger partial charge in [-0.15, -0.1) is 0 Å². The molecule has 0 aliphatic carbocycles. The predicted octanol–water partition coefficient (Wildman–Crippen LogP) is 3.13. The third-order valence-electron chi connectivity index (χ3n) is 1.50. The van der Waals surface area contributed by atoms with Gasteiger partial charge in [0, 0.05) is 10.0 Å². The summed E-state index contributed by atoms with van der Waals surface area (Å²) < 4.78 is 0.946. The van der Waals surface area contributed by atoms with E-state index in [0.29, 0.717) is 5.56 Å². The first-order valence-electron chi connectivity index (χ1n) is 3.29. The van der Waals surface area contributed by atoms with Crippen LogP contribution in [0.3, 0.4) is 0 Å². The summed E-state index contributed by atoms with van der Waals surface area (Å²) in [5.41, 5.74) is 1.80. The highest BCUT2D eigenvalue weighted by Gasteiger charge is 2.01. The van der Waals surface area contributed by atoms with Gasteiger partial charge in [-0.05, 0) is 18.6 Å². The van der Waals surface area contributed by atoms with Gasteiger partial charge in [0.15, 0.2) is 5.17 Å². The molecule has 0 aliphatic rings. The van der Waals surface area contributed by atoms with Gasteiger partial charge in [0.1, 0.15) is 0 Å². The van der Waals surface area contributed by atoms with Crippen LogP contribution in [-0.2, 0) is 0 Å². The third-order valence-corrected chi connectivity index (χ3v) is 2.65. The lowest BCUT2D eigenvalue weighted by Crippen LogP contribution is -1.91. The number of aryl methyl sites for hydroxylation is 1. The Morgan fingerprint density at radius 1 is 1.58 bits per heavy atom. The normalized spacial score (nSPS) is 11.8. The first-order valence-corrected chi connectivity index (χ1v) is 4.46. The minimum atomic E-state index is 0.0932. The minimum absolute atomic E-state index is 0.0932. The lowest BCUT2D eigenvalue weighted by Gasteiger charge is -2.00. The average molecular weight is 249 g/mol. The van der Waals surface area contributed by atoms with Crippen molar-refractivity contribution in [1.82, 2.24) is 0 Å². The van der Waals surface area contributed by atoms with Gasteiger partial charge in [-0.1, -0.05) is 44.8 Å². The summed E-state index contributed by atoms with van der Waals surface area (Å²) in [6.07, 6.45) is 0. The Labute approximate surface area is 84.0 Å². The van der Waals surface area contributed by atoms with Crippen LogP contribution in [-0.4, -0.2) is 10.4 Å². The molecular formula is C8H7BrClNO. The van der Waals surface area contributed by atoms with Crippen molar-refractivity contribution >= 4 is 32.7 Å². The highest BCUT2D eigenvalue weighted by molar-refractivity contribution is 9.10. The molecule has 0 saturated heterocycles. The molecule has 1 rings (SSSR count). The predicted molar refractivity (Wildman–Crippen MR) is 53.1 cm³/mol. The summed E-state index contributed by atoms with van der Waals surface area (Å²) in [5.74, 6) is 0. The zero-order valence-corrected chi connectivity index (χ0v) is 8.72. The second kappa shape index (κ2) is 3.92. The van der Waals surface area contributed by atoms with E-state index in [1.807, 2.05) is 13.0 Å². The van der Waals surface area contributed by atoms with E-state index in [1.54, 1.807) is 12.1 Å². The van der Waals surface area contributed by atoms with E-state index in [2.05, 4.69) is 21.1 Å². The molecule has 0 radical (unpaired) electrons. The highest BCUT2D eigenvalue weighted by Crippen LogP contribution is 2.18. The molecule has 0 aromatic heterocycles. The summed E-state index contributed by atoms with van der Waals surface area (Å²) in [7, 11) is 0. The van der Waals surface area contributed by atoms with Crippen molar-refractivity contribution in [3.63, 3.8) is 0 Å². The van der Waals surface area contributed by atoms with Crippen LogP contribution in [0.25, 0.3) is 0 Å². The van der Waals surface area contributed by atoms with Gasteiger partial charge >= 0.3 is 0 Å². The largest absolute Gasteiger partial charge is 0.410 e. The van der Waals surface area contributed by atoms with Crippen LogP contribution in [0.1, 0.15) is 11.1 Å². The number of nitrogens with zero attached hydrogens (tertiary/aromatic N) is 1. The second-order valence-corrected chi connectivity index (χ2v) is 3.57. The second-order valence-electron chi connectivity index (χ2n) is 2.35. The summed E-state index contributed by atoms with van der Waals surface area (Å²) in [6, 6.07) is 5.49. The standard InChI is InChI=1S/C8H7BrClNO/c1-5-2-3-6(4-7(5)9)8(10)11-12/h2-4,12H,1H3/b11-8-. The van der Waals surface area contributed by atoms with Crippen LogP contribution in [0.5, 0.6) is 0 Å². The minimum Gasteiger partial charge on any atom is -0.410 e. The van der Waals surface area contributed by atoms with Crippen molar-refractivity contribution in [2.24, 2.45) is 5.16 Å². The van der Waals surface area contributed by atoms with E-state index in [0.717, 1.165) is 10.0 Å².